The summed E-state index contributed by atoms with van der Waals surface area (Å²) in [6.07, 6.45) is 0.469. The molecule has 0 unspecified atom stereocenters. The van der Waals surface area contributed by atoms with Gasteiger partial charge in [0.2, 0.25) is 0 Å². The number of aliphatic hydroxyl groups excluding tert-OH is 1. The van der Waals surface area contributed by atoms with Crippen LogP contribution in [0.3, 0.4) is 0 Å². The zero-order valence-electron chi connectivity index (χ0n) is 14.9. The molecule has 2 aromatic carbocycles. The van der Waals surface area contributed by atoms with E-state index >= 15 is 0 Å². The highest BCUT2D eigenvalue weighted by molar-refractivity contribution is 5.96. The number of hydrogen-bond acceptors (Lipinski definition) is 4. The van der Waals surface area contributed by atoms with Gasteiger partial charge in [0.05, 0.1) is 12.5 Å². The van der Waals surface area contributed by atoms with Crippen LogP contribution in [-0.2, 0) is 20.8 Å². The number of carbonyl (C=O) groups is 3. The van der Waals surface area contributed by atoms with Crippen LogP contribution < -0.4 is 11.1 Å². The summed E-state index contributed by atoms with van der Waals surface area (Å²) in [7, 11) is 0. The van der Waals surface area contributed by atoms with E-state index in [2.05, 4.69) is 11.1 Å². The number of nitrogens with one attached hydrogen (secondary N) is 1. The van der Waals surface area contributed by atoms with Crippen LogP contribution in [0.2, 0.25) is 0 Å². The van der Waals surface area contributed by atoms with Crippen molar-refractivity contribution in [1.82, 2.24) is 5.32 Å². The van der Waals surface area contributed by atoms with E-state index in [-0.39, 0.29) is 18.7 Å². The van der Waals surface area contributed by atoms with E-state index in [1.807, 2.05) is 0 Å². The minimum Gasteiger partial charge on any atom is -0.503 e. The van der Waals surface area contributed by atoms with Crippen molar-refractivity contribution >= 4 is 17.8 Å². The Balaban J connectivity index is 2.12. The van der Waals surface area contributed by atoms with Crippen molar-refractivity contribution in [1.29, 1.82) is 0 Å². The average Bonchev–Trinajstić information content (AvgIpc) is 2.61. The van der Waals surface area contributed by atoms with Gasteiger partial charge in [0.15, 0.2) is 5.76 Å². The molecule has 146 valence electrons. The third-order valence-corrected chi connectivity index (χ3v) is 3.88. The lowest BCUT2D eigenvalue weighted by atomic mass is 9.99. The van der Waals surface area contributed by atoms with Crippen LogP contribution in [0.4, 0.5) is 4.39 Å². The van der Waals surface area contributed by atoms with Crippen LogP contribution in [0.1, 0.15) is 12.0 Å². The molecule has 28 heavy (non-hydrogen) atoms. The first-order valence-corrected chi connectivity index (χ1v) is 8.38. The Bertz CT molecular complexity index is 909. The zero-order chi connectivity index (χ0) is 20.7. The summed E-state index contributed by atoms with van der Waals surface area (Å²) in [5.41, 5.74) is 5.25. The summed E-state index contributed by atoms with van der Waals surface area (Å²) in [5, 5.41) is 21.0. The quantitative estimate of drug-likeness (QED) is 0.399. The van der Waals surface area contributed by atoms with Gasteiger partial charge < -0.3 is 15.5 Å². The van der Waals surface area contributed by atoms with Gasteiger partial charge in [0, 0.05) is 6.04 Å². The SMILES string of the molecule is [NH3+]C(=O)/C=C(\O)C(=O)N[C@@H](CC(=O)O)Cc1ccc(-c2cccc(F)c2)cc1. The summed E-state index contributed by atoms with van der Waals surface area (Å²) >= 11 is 0. The number of hydrogen-bond donors (Lipinski definition) is 4. The van der Waals surface area contributed by atoms with E-state index < -0.39 is 29.6 Å². The maximum atomic E-state index is 13.3. The van der Waals surface area contributed by atoms with Crippen molar-refractivity contribution in [2.45, 2.75) is 18.9 Å². The molecule has 0 aliphatic heterocycles. The van der Waals surface area contributed by atoms with Gasteiger partial charge in [0.1, 0.15) is 5.82 Å². The van der Waals surface area contributed by atoms with Gasteiger partial charge in [0.25, 0.3) is 5.91 Å². The Morgan fingerprint density at radius 1 is 1.07 bits per heavy atom. The summed E-state index contributed by atoms with van der Waals surface area (Å²) < 4.78 is 13.3. The molecule has 1 atom stereocenters. The molecule has 8 heteroatoms. The van der Waals surface area contributed by atoms with Gasteiger partial charge in [-0.25, -0.2) is 9.18 Å². The van der Waals surface area contributed by atoms with E-state index in [1.54, 1.807) is 36.4 Å². The molecule has 0 saturated carbocycles. The summed E-state index contributed by atoms with van der Waals surface area (Å²) in [6, 6.07) is 12.3. The number of carbonyl (C=O) groups excluding carboxylic acids is 2. The molecule has 0 saturated heterocycles. The van der Waals surface area contributed by atoms with Gasteiger partial charge in [-0.2, -0.15) is 0 Å². The molecule has 0 heterocycles. The fourth-order valence-electron chi connectivity index (χ4n) is 2.65. The molecular weight excluding hydrogens is 367 g/mol. The van der Waals surface area contributed by atoms with Crippen molar-refractivity contribution < 1.29 is 34.7 Å². The first kappa shape index (κ1) is 20.8. The fraction of sp³-hybridized carbons (Fsp3) is 0.150. The second-order valence-electron chi connectivity index (χ2n) is 6.18. The topological polar surface area (TPSA) is 131 Å². The molecule has 0 aliphatic rings. The van der Waals surface area contributed by atoms with Crippen molar-refractivity contribution in [2.75, 3.05) is 0 Å². The molecule has 0 aromatic heterocycles. The normalized spacial score (nSPS) is 12.3. The lowest BCUT2D eigenvalue weighted by Gasteiger charge is -2.17. The highest BCUT2D eigenvalue weighted by Crippen LogP contribution is 2.21. The van der Waals surface area contributed by atoms with Crippen LogP contribution in [-0.4, -0.2) is 34.0 Å². The number of amides is 2. The molecule has 0 bridgehead atoms. The number of halogens is 1. The Labute approximate surface area is 160 Å². The minimum atomic E-state index is -1.13. The molecule has 7 nitrogen and oxygen atoms in total. The van der Waals surface area contributed by atoms with Crippen molar-refractivity contribution in [2.24, 2.45) is 0 Å². The molecule has 2 amide bonds. The smallest absolute Gasteiger partial charge is 0.337 e. The predicted molar refractivity (Wildman–Crippen MR) is 98.3 cm³/mol. The molecule has 2 rings (SSSR count). The summed E-state index contributed by atoms with van der Waals surface area (Å²) in [4.78, 5) is 33.8. The standard InChI is InChI=1S/C20H19FN2O5/c21-15-3-1-2-14(9-15)13-6-4-12(5-7-13)8-16(10-19(26)27)23-20(28)17(24)11-18(22)25/h1-7,9,11,16,24H,8,10H2,(H2,22,25)(H,23,28)(H,26,27)/p+1/b17-11-/t16-/m1/s1. The van der Waals surface area contributed by atoms with Gasteiger partial charge in [-0.3, -0.25) is 15.3 Å². The predicted octanol–water partition coefficient (Wildman–Crippen LogP) is 1.21. The average molecular weight is 387 g/mol. The number of quaternary nitrogens is 1. The number of rotatable bonds is 8. The highest BCUT2D eigenvalue weighted by atomic mass is 19.1. The third-order valence-electron chi connectivity index (χ3n) is 3.88. The number of benzene rings is 2. The van der Waals surface area contributed by atoms with Crippen molar-refractivity contribution in [3.8, 4) is 11.1 Å². The fourth-order valence-corrected chi connectivity index (χ4v) is 2.65. The second-order valence-corrected chi connectivity index (χ2v) is 6.18. The Hall–Kier alpha value is -3.52. The summed E-state index contributed by atoms with van der Waals surface area (Å²) in [6.45, 7) is 0. The van der Waals surface area contributed by atoms with Crippen molar-refractivity contribution in [3.63, 3.8) is 0 Å². The van der Waals surface area contributed by atoms with Crippen LogP contribution in [0.25, 0.3) is 11.1 Å². The third kappa shape index (κ3) is 6.33. The minimum absolute atomic E-state index is 0.188. The maximum absolute atomic E-state index is 13.3. The molecular formula is C20H20FN2O5+. The first-order valence-electron chi connectivity index (χ1n) is 8.38. The molecule has 0 aliphatic carbocycles. The van der Waals surface area contributed by atoms with Gasteiger partial charge in [-0.1, -0.05) is 36.4 Å². The van der Waals surface area contributed by atoms with E-state index in [4.69, 9.17) is 5.11 Å². The lowest BCUT2D eigenvalue weighted by molar-refractivity contribution is -0.297. The van der Waals surface area contributed by atoms with Crippen LogP contribution >= 0.6 is 0 Å². The number of carboxylic acids is 1. The molecule has 6 N–H and O–H groups in total. The Morgan fingerprint density at radius 2 is 1.75 bits per heavy atom. The number of aliphatic hydroxyl groups is 1. The Morgan fingerprint density at radius 3 is 2.32 bits per heavy atom. The van der Waals surface area contributed by atoms with Crippen LogP contribution in [0, 0.1) is 5.82 Å². The molecule has 0 radical (unpaired) electrons. The lowest BCUT2D eigenvalue weighted by Crippen LogP contribution is -2.56. The molecule has 0 spiro atoms. The molecule has 2 aromatic rings. The van der Waals surface area contributed by atoms with Crippen LogP contribution in [0.5, 0.6) is 0 Å². The number of aliphatic carboxylic acids is 1. The maximum Gasteiger partial charge on any atom is 0.337 e. The van der Waals surface area contributed by atoms with Crippen LogP contribution in [0.15, 0.2) is 60.4 Å². The van der Waals surface area contributed by atoms with Gasteiger partial charge >= 0.3 is 11.9 Å². The summed E-state index contributed by atoms with van der Waals surface area (Å²) in [5.74, 6) is -4.02. The van der Waals surface area contributed by atoms with Gasteiger partial charge in [-0.15, -0.1) is 0 Å². The monoisotopic (exact) mass is 387 g/mol. The Kier molecular flexibility index (Phi) is 7.00. The van der Waals surface area contributed by atoms with Crippen molar-refractivity contribution in [3.05, 3.63) is 71.7 Å². The highest BCUT2D eigenvalue weighted by Gasteiger charge is 2.19. The number of carboxylic acid groups (broad SMARTS) is 1. The largest absolute Gasteiger partial charge is 0.503 e. The zero-order valence-corrected chi connectivity index (χ0v) is 14.9. The van der Waals surface area contributed by atoms with Gasteiger partial charge in [-0.05, 0) is 35.2 Å². The van der Waals surface area contributed by atoms with E-state index in [9.17, 15) is 23.9 Å². The van der Waals surface area contributed by atoms with E-state index in [0.29, 0.717) is 11.6 Å². The molecule has 0 fully saturated rings. The second kappa shape index (κ2) is 9.43. The van der Waals surface area contributed by atoms with E-state index in [0.717, 1.165) is 11.1 Å². The first-order chi connectivity index (χ1) is 13.2. The van der Waals surface area contributed by atoms with E-state index in [1.165, 1.54) is 12.1 Å².